The lowest BCUT2D eigenvalue weighted by Gasteiger charge is -2.09. The average Bonchev–Trinajstić information content (AvgIpc) is 2.39. The number of rotatable bonds is 4. The van der Waals surface area contributed by atoms with E-state index in [2.05, 4.69) is 0 Å². The molecule has 0 atom stereocenters. The smallest absolute Gasteiger partial charge is 0.337 e. The van der Waals surface area contributed by atoms with Crippen molar-refractivity contribution in [2.75, 3.05) is 5.73 Å². The molecule has 0 aliphatic heterocycles. The fourth-order valence-electron chi connectivity index (χ4n) is 1.64. The average molecular weight is 296 g/mol. The zero-order valence-corrected chi connectivity index (χ0v) is 11.0. The summed E-state index contributed by atoms with van der Waals surface area (Å²) in [6, 6.07) is 8.34. The van der Waals surface area contributed by atoms with Crippen LogP contribution >= 0.6 is 11.6 Å². The highest BCUT2D eigenvalue weighted by molar-refractivity contribution is 6.30. The minimum atomic E-state index is -1.12. The molecule has 0 saturated carbocycles. The summed E-state index contributed by atoms with van der Waals surface area (Å²) in [5, 5.41) is 9.25. The molecule has 0 spiro atoms. The predicted molar refractivity (Wildman–Crippen MR) is 73.6 cm³/mol. The third-order valence-corrected chi connectivity index (χ3v) is 2.89. The highest BCUT2D eigenvalue weighted by Gasteiger charge is 2.09. The first-order valence-electron chi connectivity index (χ1n) is 5.67. The van der Waals surface area contributed by atoms with Gasteiger partial charge >= 0.3 is 5.97 Å². The maximum atomic E-state index is 13.5. The van der Waals surface area contributed by atoms with Gasteiger partial charge in [-0.3, -0.25) is 0 Å². The molecule has 0 heterocycles. The number of carboxylic acids is 1. The minimum absolute atomic E-state index is 0.00807. The van der Waals surface area contributed by atoms with Crippen LogP contribution in [0.3, 0.4) is 0 Å². The minimum Gasteiger partial charge on any atom is -0.489 e. The van der Waals surface area contributed by atoms with E-state index in [9.17, 15) is 9.18 Å². The maximum absolute atomic E-state index is 13.5. The molecular weight excluding hydrogens is 285 g/mol. The van der Waals surface area contributed by atoms with Crippen molar-refractivity contribution in [2.45, 2.75) is 6.61 Å². The molecule has 6 heteroatoms. The van der Waals surface area contributed by atoms with Crippen molar-refractivity contribution >= 4 is 23.3 Å². The Labute approximate surface area is 119 Å². The van der Waals surface area contributed by atoms with Crippen LogP contribution < -0.4 is 10.5 Å². The van der Waals surface area contributed by atoms with Gasteiger partial charge in [-0.1, -0.05) is 11.6 Å². The number of nitrogens with two attached hydrogens (primary N) is 1. The number of ether oxygens (including phenoxy) is 1. The largest absolute Gasteiger partial charge is 0.489 e. The van der Waals surface area contributed by atoms with Gasteiger partial charge < -0.3 is 15.6 Å². The number of halogens is 2. The van der Waals surface area contributed by atoms with Crippen molar-refractivity contribution in [1.82, 2.24) is 0 Å². The summed E-state index contributed by atoms with van der Waals surface area (Å²) in [7, 11) is 0. The van der Waals surface area contributed by atoms with Crippen molar-refractivity contribution in [2.24, 2.45) is 0 Å². The van der Waals surface area contributed by atoms with E-state index in [0.717, 1.165) is 0 Å². The third kappa shape index (κ3) is 3.19. The van der Waals surface area contributed by atoms with Gasteiger partial charge in [-0.25, -0.2) is 9.18 Å². The van der Waals surface area contributed by atoms with Gasteiger partial charge in [-0.15, -0.1) is 0 Å². The molecule has 2 rings (SSSR count). The second kappa shape index (κ2) is 5.79. The number of carbonyl (C=O) groups is 1. The summed E-state index contributed by atoms with van der Waals surface area (Å²) in [5.41, 5.74) is 5.97. The van der Waals surface area contributed by atoms with Gasteiger partial charge in [0.05, 0.1) is 5.56 Å². The zero-order chi connectivity index (χ0) is 14.7. The standard InChI is InChI=1S/C14H11ClFNO3/c15-9-1-4-12(16)8(5-9)7-20-10-2-3-11(14(18)19)13(17)6-10/h1-6H,7,17H2,(H,18,19). The van der Waals surface area contributed by atoms with Crippen molar-refractivity contribution in [3.63, 3.8) is 0 Å². The summed E-state index contributed by atoms with van der Waals surface area (Å²) in [5.74, 6) is -1.19. The second-order valence-electron chi connectivity index (χ2n) is 4.08. The van der Waals surface area contributed by atoms with Crippen LogP contribution in [0.15, 0.2) is 36.4 Å². The molecule has 3 N–H and O–H groups in total. The van der Waals surface area contributed by atoms with E-state index >= 15 is 0 Å². The number of anilines is 1. The van der Waals surface area contributed by atoms with Crippen molar-refractivity contribution in [3.8, 4) is 5.75 Å². The molecule has 4 nitrogen and oxygen atoms in total. The third-order valence-electron chi connectivity index (χ3n) is 2.66. The lowest BCUT2D eigenvalue weighted by Crippen LogP contribution is -2.03. The Morgan fingerprint density at radius 2 is 2.05 bits per heavy atom. The van der Waals surface area contributed by atoms with Gasteiger partial charge in [0.25, 0.3) is 0 Å². The van der Waals surface area contributed by atoms with Crippen LogP contribution in [-0.2, 0) is 6.61 Å². The zero-order valence-electron chi connectivity index (χ0n) is 10.3. The summed E-state index contributed by atoms with van der Waals surface area (Å²) in [6.07, 6.45) is 0. The fourth-order valence-corrected chi connectivity index (χ4v) is 1.84. The summed E-state index contributed by atoms with van der Waals surface area (Å²) in [4.78, 5) is 10.8. The van der Waals surface area contributed by atoms with E-state index in [0.29, 0.717) is 16.3 Å². The van der Waals surface area contributed by atoms with Gasteiger partial charge in [0, 0.05) is 22.3 Å². The van der Waals surface area contributed by atoms with Crippen LogP contribution in [0.4, 0.5) is 10.1 Å². The topological polar surface area (TPSA) is 72.5 Å². The monoisotopic (exact) mass is 295 g/mol. The summed E-state index contributed by atoms with van der Waals surface area (Å²) in [6.45, 7) is -0.0295. The summed E-state index contributed by atoms with van der Waals surface area (Å²) >= 11 is 5.77. The SMILES string of the molecule is Nc1cc(OCc2cc(Cl)ccc2F)ccc1C(=O)O. The van der Waals surface area contributed by atoms with E-state index in [-0.39, 0.29) is 17.9 Å². The molecule has 2 aromatic carbocycles. The normalized spacial score (nSPS) is 10.3. The van der Waals surface area contributed by atoms with Gasteiger partial charge in [0.2, 0.25) is 0 Å². The maximum Gasteiger partial charge on any atom is 0.337 e. The first-order chi connectivity index (χ1) is 9.47. The van der Waals surface area contributed by atoms with Crippen LogP contribution in [0, 0.1) is 5.82 Å². The Morgan fingerprint density at radius 3 is 2.70 bits per heavy atom. The van der Waals surface area contributed by atoms with Gasteiger partial charge in [-0.2, -0.15) is 0 Å². The van der Waals surface area contributed by atoms with Crippen LogP contribution in [0.1, 0.15) is 15.9 Å². The molecule has 0 aromatic heterocycles. The van der Waals surface area contributed by atoms with Crippen molar-refractivity contribution in [1.29, 1.82) is 0 Å². The fraction of sp³-hybridized carbons (Fsp3) is 0.0714. The quantitative estimate of drug-likeness (QED) is 0.849. The van der Waals surface area contributed by atoms with Crippen LogP contribution in [0.25, 0.3) is 0 Å². The highest BCUT2D eigenvalue weighted by atomic mass is 35.5. The molecule has 20 heavy (non-hydrogen) atoms. The second-order valence-corrected chi connectivity index (χ2v) is 4.52. The number of aromatic carboxylic acids is 1. The highest BCUT2D eigenvalue weighted by Crippen LogP contribution is 2.22. The predicted octanol–water partition coefficient (Wildman–Crippen LogP) is 3.34. The number of nitrogen functional groups attached to an aromatic ring is 1. The molecule has 0 radical (unpaired) electrons. The number of carboxylic acid groups (broad SMARTS) is 1. The van der Waals surface area contributed by atoms with E-state index in [4.69, 9.17) is 27.2 Å². The van der Waals surface area contributed by atoms with E-state index < -0.39 is 11.8 Å². The first-order valence-corrected chi connectivity index (χ1v) is 6.04. The Bertz CT molecular complexity index is 661. The molecule has 0 bridgehead atoms. The molecule has 104 valence electrons. The molecule has 0 aliphatic rings. The van der Waals surface area contributed by atoms with Crippen molar-refractivity contribution in [3.05, 3.63) is 58.4 Å². The van der Waals surface area contributed by atoms with Crippen LogP contribution in [-0.4, -0.2) is 11.1 Å². The van der Waals surface area contributed by atoms with E-state index in [1.165, 1.54) is 36.4 Å². The lowest BCUT2D eigenvalue weighted by molar-refractivity contribution is 0.0698. The Hall–Kier alpha value is -2.27. The van der Waals surface area contributed by atoms with Gasteiger partial charge in [0.1, 0.15) is 18.2 Å². The summed E-state index contributed by atoms with van der Waals surface area (Å²) < 4.78 is 18.9. The van der Waals surface area contributed by atoms with Crippen LogP contribution in [0.5, 0.6) is 5.75 Å². The molecule has 0 aliphatic carbocycles. The Kier molecular flexibility index (Phi) is 4.10. The van der Waals surface area contributed by atoms with Crippen molar-refractivity contribution < 1.29 is 19.0 Å². The number of hydrogen-bond donors (Lipinski definition) is 2. The Balaban J connectivity index is 2.13. The first kappa shape index (κ1) is 14.1. The molecule has 0 saturated heterocycles. The van der Waals surface area contributed by atoms with E-state index in [1.807, 2.05) is 0 Å². The molecule has 0 fully saturated rings. The van der Waals surface area contributed by atoms with Crippen LogP contribution in [0.2, 0.25) is 5.02 Å². The van der Waals surface area contributed by atoms with E-state index in [1.54, 1.807) is 0 Å². The molecule has 0 unspecified atom stereocenters. The molecule has 2 aromatic rings. The molecule has 0 amide bonds. The Morgan fingerprint density at radius 1 is 1.30 bits per heavy atom. The van der Waals surface area contributed by atoms with Gasteiger partial charge in [-0.05, 0) is 30.3 Å². The lowest BCUT2D eigenvalue weighted by atomic mass is 10.2. The number of hydrogen-bond acceptors (Lipinski definition) is 3. The van der Waals surface area contributed by atoms with Gasteiger partial charge in [0.15, 0.2) is 0 Å². The molecular formula is C14H11ClFNO3. The number of benzene rings is 2.